The van der Waals surface area contributed by atoms with Crippen molar-refractivity contribution in [2.75, 3.05) is 27.3 Å². The van der Waals surface area contributed by atoms with Gasteiger partial charge in [-0.3, -0.25) is 14.6 Å². The summed E-state index contributed by atoms with van der Waals surface area (Å²) in [6.07, 6.45) is 7.48. The van der Waals surface area contributed by atoms with E-state index in [1.807, 2.05) is 49.4 Å². The fraction of sp³-hybridized carbons (Fsp3) is 0.513. The number of hydrogen-bond donors (Lipinski definition) is 1. The van der Waals surface area contributed by atoms with Gasteiger partial charge in [0, 0.05) is 42.2 Å². The summed E-state index contributed by atoms with van der Waals surface area (Å²) < 4.78 is 17.9. The SMILES string of the molecule is CCOC(=O)[C@@]12C[C@H]1/C=C\CCCCN(C)C(=O)C1C[C@H](Oc3cc(-c4cccc(C(C)C)n4)nc4c(C)c(OC)ccc34)C[C@H]1C(=O)N2. The summed E-state index contributed by atoms with van der Waals surface area (Å²) >= 11 is 0. The molecule has 49 heavy (non-hydrogen) atoms. The molecule has 3 aromatic rings. The Bertz CT molecular complexity index is 1770. The number of carbonyl (C=O) groups is 3. The molecule has 0 saturated heterocycles. The van der Waals surface area contributed by atoms with Gasteiger partial charge in [-0.1, -0.05) is 32.1 Å². The number of methoxy groups -OCH3 is 1. The maximum Gasteiger partial charge on any atom is 0.332 e. The number of nitrogens with one attached hydrogen (secondary N) is 1. The molecular weight excluding hydrogens is 620 g/mol. The van der Waals surface area contributed by atoms with Gasteiger partial charge >= 0.3 is 5.97 Å². The predicted octanol–water partition coefficient (Wildman–Crippen LogP) is 6.15. The second kappa shape index (κ2) is 14.2. The van der Waals surface area contributed by atoms with E-state index in [9.17, 15) is 14.4 Å². The number of benzene rings is 1. The Balaban J connectivity index is 1.36. The van der Waals surface area contributed by atoms with Crippen molar-refractivity contribution in [1.29, 1.82) is 0 Å². The van der Waals surface area contributed by atoms with E-state index in [-0.39, 0.29) is 30.3 Å². The van der Waals surface area contributed by atoms with E-state index in [0.717, 1.165) is 47.1 Å². The highest BCUT2D eigenvalue weighted by Crippen LogP contribution is 2.47. The number of aryl methyl sites for hydroxylation is 1. The van der Waals surface area contributed by atoms with Crippen molar-refractivity contribution in [3.8, 4) is 22.9 Å². The number of ether oxygens (including phenoxy) is 3. The topological polar surface area (TPSA) is 120 Å². The fourth-order valence-electron chi connectivity index (χ4n) is 7.36. The van der Waals surface area contributed by atoms with Gasteiger partial charge in [-0.05, 0) is 82.6 Å². The van der Waals surface area contributed by atoms with E-state index in [4.69, 9.17) is 24.2 Å². The molecule has 260 valence electrons. The number of rotatable bonds is 7. The molecule has 1 N–H and O–H groups in total. The molecule has 10 nitrogen and oxygen atoms in total. The van der Waals surface area contributed by atoms with Gasteiger partial charge in [0.15, 0.2) is 0 Å². The highest BCUT2D eigenvalue weighted by molar-refractivity contribution is 5.95. The summed E-state index contributed by atoms with van der Waals surface area (Å²) in [5.41, 5.74) is 2.86. The standard InChI is InChI=1S/C39H48N4O6/c1-7-48-38(46)39-22-25(39)13-10-8-9-11-18-43(5)37(45)29-20-26(19-28(29)36(44)42-39)49-34-21-32(31-15-12-14-30(40-31)23(2)3)41-35-24(4)33(47-6)17-16-27(34)35/h10,12-17,21,23,25-26,28-29H,7-9,11,18-20,22H2,1-6H3,(H,42,44)/b13-10-/t25-,26-,28-,29?,39-/m1/s1. The van der Waals surface area contributed by atoms with Gasteiger partial charge in [-0.15, -0.1) is 0 Å². The van der Waals surface area contributed by atoms with Crippen LogP contribution in [0.2, 0.25) is 0 Å². The second-order valence-corrected chi connectivity index (χ2v) is 14.0. The molecule has 1 unspecified atom stereocenters. The molecular formula is C39H48N4O6. The minimum absolute atomic E-state index is 0.0769. The average molecular weight is 669 g/mol. The first-order chi connectivity index (χ1) is 23.6. The fourth-order valence-corrected chi connectivity index (χ4v) is 7.36. The van der Waals surface area contributed by atoms with Gasteiger partial charge in [0.2, 0.25) is 11.8 Å². The van der Waals surface area contributed by atoms with E-state index in [1.165, 1.54) is 0 Å². The van der Waals surface area contributed by atoms with E-state index in [2.05, 4.69) is 25.2 Å². The van der Waals surface area contributed by atoms with Gasteiger partial charge in [-0.2, -0.15) is 0 Å². The third-order valence-corrected chi connectivity index (χ3v) is 10.3. The lowest BCUT2D eigenvalue weighted by atomic mass is 9.93. The van der Waals surface area contributed by atoms with Crippen molar-refractivity contribution in [3.05, 3.63) is 59.8 Å². The molecule has 6 rings (SSSR count). The number of pyridine rings is 2. The van der Waals surface area contributed by atoms with Crippen molar-refractivity contribution >= 4 is 28.7 Å². The van der Waals surface area contributed by atoms with Crippen LogP contribution in [0.5, 0.6) is 11.5 Å². The van der Waals surface area contributed by atoms with Gasteiger partial charge in [0.1, 0.15) is 23.1 Å². The molecule has 3 aliphatic rings. The number of nitrogens with zero attached hydrogens (tertiary/aromatic N) is 3. The number of amides is 2. The smallest absolute Gasteiger partial charge is 0.332 e. The van der Waals surface area contributed by atoms with Crippen LogP contribution in [-0.4, -0.2) is 71.6 Å². The quantitative estimate of drug-likeness (QED) is 0.235. The molecule has 0 spiro atoms. The normalized spacial score (nSPS) is 26.4. The molecule has 3 heterocycles. The Hall–Kier alpha value is -4.47. The highest BCUT2D eigenvalue weighted by Gasteiger charge is 2.62. The highest BCUT2D eigenvalue weighted by atomic mass is 16.5. The van der Waals surface area contributed by atoms with Crippen LogP contribution in [0.1, 0.15) is 76.5 Å². The van der Waals surface area contributed by atoms with E-state index >= 15 is 0 Å². The molecule has 2 amide bonds. The van der Waals surface area contributed by atoms with E-state index in [1.54, 1.807) is 26.0 Å². The number of esters is 1. The zero-order valence-corrected chi connectivity index (χ0v) is 29.5. The number of aromatic nitrogens is 2. The largest absolute Gasteiger partial charge is 0.496 e. The first-order valence-electron chi connectivity index (χ1n) is 17.6. The van der Waals surface area contributed by atoms with Crippen molar-refractivity contribution in [2.24, 2.45) is 17.8 Å². The molecule has 1 aromatic carbocycles. The summed E-state index contributed by atoms with van der Waals surface area (Å²) in [5.74, 6) is -0.639. The maximum atomic E-state index is 14.1. The first-order valence-corrected chi connectivity index (χ1v) is 17.6. The van der Waals surface area contributed by atoms with Gasteiger partial charge in [-0.25, -0.2) is 9.78 Å². The lowest BCUT2D eigenvalue weighted by molar-refractivity contribution is -0.150. The minimum Gasteiger partial charge on any atom is -0.496 e. The molecule has 5 atom stereocenters. The van der Waals surface area contributed by atoms with Gasteiger partial charge < -0.3 is 24.4 Å². The summed E-state index contributed by atoms with van der Waals surface area (Å²) in [6, 6.07) is 11.7. The number of fused-ring (bicyclic) bond motifs is 3. The molecule has 2 saturated carbocycles. The van der Waals surface area contributed by atoms with Crippen molar-refractivity contribution < 1.29 is 28.6 Å². The van der Waals surface area contributed by atoms with E-state index in [0.29, 0.717) is 43.0 Å². The molecule has 2 aliphatic carbocycles. The lowest BCUT2D eigenvalue weighted by Gasteiger charge is -2.26. The monoisotopic (exact) mass is 668 g/mol. The van der Waals surface area contributed by atoms with Crippen molar-refractivity contribution in [1.82, 2.24) is 20.2 Å². The van der Waals surface area contributed by atoms with Crippen LogP contribution in [-0.2, 0) is 19.1 Å². The molecule has 10 heteroatoms. The molecule has 2 fully saturated rings. The first kappa shape index (κ1) is 34.4. The predicted molar refractivity (Wildman–Crippen MR) is 187 cm³/mol. The summed E-state index contributed by atoms with van der Waals surface area (Å²) in [7, 11) is 3.44. The zero-order chi connectivity index (χ0) is 34.9. The molecule has 1 aliphatic heterocycles. The Kier molecular flexibility index (Phi) is 9.95. The Morgan fingerprint density at radius 3 is 2.61 bits per heavy atom. The Morgan fingerprint density at radius 1 is 1.06 bits per heavy atom. The van der Waals surface area contributed by atoms with Crippen LogP contribution >= 0.6 is 0 Å². The van der Waals surface area contributed by atoms with Gasteiger partial charge in [0.25, 0.3) is 0 Å². The van der Waals surface area contributed by atoms with Crippen LogP contribution in [0.15, 0.2) is 48.6 Å². The summed E-state index contributed by atoms with van der Waals surface area (Å²) in [4.78, 5) is 52.9. The van der Waals surface area contributed by atoms with E-state index < -0.39 is 29.4 Å². The van der Waals surface area contributed by atoms with Gasteiger partial charge in [0.05, 0.1) is 42.5 Å². The van der Waals surface area contributed by atoms with Crippen LogP contribution in [0.25, 0.3) is 22.3 Å². The molecule has 0 radical (unpaired) electrons. The molecule has 0 bridgehead atoms. The van der Waals surface area contributed by atoms with Crippen LogP contribution in [0.3, 0.4) is 0 Å². The summed E-state index contributed by atoms with van der Waals surface area (Å²) in [6.45, 7) is 8.78. The zero-order valence-electron chi connectivity index (χ0n) is 29.5. The third-order valence-electron chi connectivity index (χ3n) is 10.3. The molecule has 2 aromatic heterocycles. The number of hydrogen-bond acceptors (Lipinski definition) is 8. The summed E-state index contributed by atoms with van der Waals surface area (Å²) in [5, 5.41) is 3.88. The second-order valence-electron chi connectivity index (χ2n) is 14.0. The Labute approximate surface area is 288 Å². The lowest BCUT2D eigenvalue weighted by Crippen LogP contribution is -2.50. The van der Waals surface area contributed by atoms with Crippen molar-refractivity contribution in [2.45, 2.75) is 83.8 Å². The minimum atomic E-state index is -1.10. The maximum absolute atomic E-state index is 14.1. The number of carbonyl (C=O) groups excluding carboxylic acids is 3. The average Bonchev–Trinajstić information content (AvgIpc) is 3.62. The van der Waals surface area contributed by atoms with Crippen LogP contribution in [0, 0.1) is 24.7 Å². The Morgan fingerprint density at radius 2 is 1.86 bits per heavy atom. The van der Waals surface area contributed by atoms with Crippen molar-refractivity contribution in [3.63, 3.8) is 0 Å². The van der Waals surface area contributed by atoms with Crippen LogP contribution in [0.4, 0.5) is 0 Å². The van der Waals surface area contributed by atoms with Crippen LogP contribution < -0.4 is 14.8 Å². The third kappa shape index (κ3) is 6.87. The number of allylic oxidation sites excluding steroid dienone is 1.